The fraction of sp³-hybridized carbons (Fsp3) is 0.0476. The summed E-state index contributed by atoms with van der Waals surface area (Å²) in [6.07, 6.45) is 13.2. The molecule has 2 rings (SSSR count). The summed E-state index contributed by atoms with van der Waals surface area (Å²) in [5, 5.41) is 0. The SMILES string of the molecule is C=C\C=C/C(=C\C=C\Cc1ccccc1)c1ccccc1. The molecular formula is C21H20. The quantitative estimate of drug-likeness (QED) is 0.599. The van der Waals surface area contributed by atoms with Gasteiger partial charge in [-0.15, -0.1) is 0 Å². The van der Waals surface area contributed by atoms with Crippen LogP contribution < -0.4 is 0 Å². The van der Waals surface area contributed by atoms with Crippen LogP contribution in [-0.4, -0.2) is 0 Å². The first-order chi connectivity index (χ1) is 10.4. The molecule has 0 N–H and O–H groups in total. The van der Waals surface area contributed by atoms with Crippen LogP contribution in [0.4, 0.5) is 0 Å². The van der Waals surface area contributed by atoms with E-state index in [9.17, 15) is 0 Å². The van der Waals surface area contributed by atoms with Crippen LogP contribution in [0.1, 0.15) is 11.1 Å². The molecule has 0 aromatic heterocycles. The molecule has 0 unspecified atom stereocenters. The van der Waals surface area contributed by atoms with Crippen LogP contribution >= 0.6 is 0 Å². The zero-order valence-corrected chi connectivity index (χ0v) is 12.2. The molecule has 0 saturated heterocycles. The van der Waals surface area contributed by atoms with Crippen LogP contribution in [0, 0.1) is 0 Å². The maximum atomic E-state index is 3.73. The molecule has 0 bridgehead atoms. The van der Waals surface area contributed by atoms with Crippen molar-refractivity contribution >= 4 is 5.57 Å². The monoisotopic (exact) mass is 272 g/mol. The molecule has 0 spiro atoms. The van der Waals surface area contributed by atoms with E-state index in [1.807, 2.05) is 18.2 Å². The highest BCUT2D eigenvalue weighted by Crippen LogP contribution is 2.15. The normalized spacial score (nSPS) is 12.1. The van der Waals surface area contributed by atoms with E-state index in [-0.39, 0.29) is 0 Å². The first kappa shape index (κ1) is 14.8. The first-order valence-corrected chi connectivity index (χ1v) is 7.15. The summed E-state index contributed by atoms with van der Waals surface area (Å²) in [6.45, 7) is 3.73. The Morgan fingerprint density at radius 1 is 0.857 bits per heavy atom. The standard InChI is InChI=1S/C21H20/c1-2-3-15-20(21-16-8-5-9-17-21)18-11-10-14-19-12-6-4-7-13-19/h2-13,15-18H,1,14H2/b11-10+,15-3-,20-18+. The van der Waals surface area contributed by atoms with Gasteiger partial charge in [0.15, 0.2) is 0 Å². The van der Waals surface area contributed by atoms with Gasteiger partial charge >= 0.3 is 0 Å². The molecule has 0 heteroatoms. The Hall–Kier alpha value is -2.60. The average Bonchev–Trinajstić information content (AvgIpc) is 2.56. The van der Waals surface area contributed by atoms with Crippen molar-refractivity contribution < 1.29 is 0 Å². The highest BCUT2D eigenvalue weighted by Gasteiger charge is 1.94. The predicted octanol–water partition coefficient (Wildman–Crippen LogP) is 5.61. The van der Waals surface area contributed by atoms with E-state index in [1.54, 1.807) is 6.08 Å². The van der Waals surface area contributed by atoms with Crippen molar-refractivity contribution in [3.05, 3.63) is 115 Å². The number of hydrogen-bond acceptors (Lipinski definition) is 0. The highest BCUT2D eigenvalue weighted by atomic mass is 14.0. The Bertz CT molecular complexity index is 628. The molecular weight excluding hydrogens is 252 g/mol. The van der Waals surface area contributed by atoms with E-state index in [4.69, 9.17) is 0 Å². The van der Waals surface area contributed by atoms with E-state index in [0.717, 1.165) is 6.42 Å². The molecule has 0 aliphatic rings. The van der Waals surface area contributed by atoms with E-state index >= 15 is 0 Å². The van der Waals surface area contributed by atoms with Gasteiger partial charge in [-0.2, -0.15) is 0 Å². The second kappa shape index (κ2) is 8.55. The van der Waals surface area contributed by atoms with Gasteiger partial charge < -0.3 is 0 Å². The van der Waals surface area contributed by atoms with E-state index < -0.39 is 0 Å². The molecule has 2 aromatic carbocycles. The summed E-state index contributed by atoms with van der Waals surface area (Å²) in [4.78, 5) is 0. The van der Waals surface area contributed by atoms with Gasteiger partial charge in [0.2, 0.25) is 0 Å². The van der Waals surface area contributed by atoms with Crippen molar-refractivity contribution in [1.29, 1.82) is 0 Å². The van der Waals surface area contributed by atoms with Gasteiger partial charge in [-0.25, -0.2) is 0 Å². The van der Waals surface area contributed by atoms with Gasteiger partial charge in [-0.05, 0) is 23.1 Å². The van der Waals surface area contributed by atoms with Crippen LogP contribution in [0.25, 0.3) is 5.57 Å². The summed E-state index contributed by atoms with van der Waals surface area (Å²) < 4.78 is 0. The minimum atomic E-state index is 0.949. The fourth-order valence-electron chi connectivity index (χ4n) is 2.04. The Morgan fingerprint density at radius 2 is 1.52 bits per heavy atom. The van der Waals surface area contributed by atoms with Crippen molar-refractivity contribution in [2.24, 2.45) is 0 Å². The minimum Gasteiger partial charge on any atom is -0.0991 e. The van der Waals surface area contributed by atoms with Crippen molar-refractivity contribution in [2.75, 3.05) is 0 Å². The van der Waals surface area contributed by atoms with Gasteiger partial charge in [-0.1, -0.05) is 104 Å². The zero-order chi connectivity index (χ0) is 14.8. The fourth-order valence-corrected chi connectivity index (χ4v) is 2.04. The maximum Gasteiger partial charge on any atom is -0.00943 e. The van der Waals surface area contributed by atoms with Gasteiger partial charge in [0.05, 0.1) is 0 Å². The number of hydrogen-bond donors (Lipinski definition) is 0. The molecule has 0 nitrogen and oxygen atoms in total. The zero-order valence-electron chi connectivity index (χ0n) is 12.2. The summed E-state index contributed by atoms with van der Waals surface area (Å²) >= 11 is 0. The van der Waals surface area contributed by atoms with Crippen LogP contribution in [-0.2, 0) is 6.42 Å². The number of benzene rings is 2. The Kier molecular flexibility index (Phi) is 6.02. The van der Waals surface area contributed by atoms with Crippen molar-refractivity contribution in [3.8, 4) is 0 Å². The van der Waals surface area contributed by atoms with Gasteiger partial charge in [-0.3, -0.25) is 0 Å². The Balaban J connectivity index is 2.10. The lowest BCUT2D eigenvalue weighted by molar-refractivity contribution is 1.27. The van der Waals surface area contributed by atoms with Gasteiger partial charge in [0.1, 0.15) is 0 Å². The largest absolute Gasteiger partial charge is 0.0991 e. The highest BCUT2D eigenvalue weighted by molar-refractivity contribution is 5.75. The lowest BCUT2D eigenvalue weighted by atomic mass is 10.0. The summed E-state index contributed by atoms with van der Waals surface area (Å²) in [6, 6.07) is 20.8. The lowest BCUT2D eigenvalue weighted by Gasteiger charge is -2.00. The summed E-state index contributed by atoms with van der Waals surface area (Å²) in [5.74, 6) is 0. The van der Waals surface area contributed by atoms with Crippen LogP contribution in [0.3, 0.4) is 0 Å². The van der Waals surface area contributed by atoms with E-state index in [0.29, 0.717) is 0 Å². The molecule has 0 aliphatic heterocycles. The third-order valence-corrected chi connectivity index (χ3v) is 3.13. The lowest BCUT2D eigenvalue weighted by Crippen LogP contribution is -1.80. The topological polar surface area (TPSA) is 0 Å². The van der Waals surface area contributed by atoms with Crippen molar-refractivity contribution in [1.82, 2.24) is 0 Å². The van der Waals surface area contributed by atoms with Gasteiger partial charge in [0.25, 0.3) is 0 Å². The van der Waals surface area contributed by atoms with Crippen LogP contribution in [0.2, 0.25) is 0 Å². The molecule has 21 heavy (non-hydrogen) atoms. The smallest absolute Gasteiger partial charge is 0.00943 e. The Labute approximate surface area is 127 Å². The van der Waals surface area contributed by atoms with E-state index in [2.05, 4.69) is 79.4 Å². The molecule has 0 radical (unpaired) electrons. The minimum absolute atomic E-state index is 0.949. The van der Waals surface area contributed by atoms with Crippen LogP contribution in [0.15, 0.2) is 104 Å². The second-order valence-corrected chi connectivity index (χ2v) is 4.70. The molecule has 0 aliphatic carbocycles. The number of allylic oxidation sites excluding steroid dienone is 7. The molecule has 2 aromatic rings. The third-order valence-electron chi connectivity index (χ3n) is 3.13. The van der Waals surface area contributed by atoms with Crippen molar-refractivity contribution in [3.63, 3.8) is 0 Å². The molecule has 0 saturated carbocycles. The number of rotatable bonds is 6. The molecule has 104 valence electrons. The molecule has 0 fully saturated rings. The second-order valence-electron chi connectivity index (χ2n) is 4.70. The summed E-state index contributed by atoms with van der Waals surface area (Å²) in [5.41, 5.74) is 3.71. The van der Waals surface area contributed by atoms with E-state index in [1.165, 1.54) is 16.7 Å². The Morgan fingerprint density at radius 3 is 2.19 bits per heavy atom. The van der Waals surface area contributed by atoms with Crippen LogP contribution in [0.5, 0.6) is 0 Å². The van der Waals surface area contributed by atoms with Crippen molar-refractivity contribution in [2.45, 2.75) is 6.42 Å². The molecule has 0 amide bonds. The molecule has 0 atom stereocenters. The predicted molar refractivity (Wildman–Crippen MR) is 93.0 cm³/mol. The van der Waals surface area contributed by atoms with Gasteiger partial charge in [0, 0.05) is 0 Å². The average molecular weight is 272 g/mol. The molecule has 0 heterocycles. The first-order valence-electron chi connectivity index (χ1n) is 7.15. The third kappa shape index (κ3) is 5.12. The maximum absolute atomic E-state index is 3.73. The summed E-state index contributed by atoms with van der Waals surface area (Å²) in [7, 11) is 0.